The maximum absolute atomic E-state index is 11.5. The van der Waals surface area contributed by atoms with E-state index in [-0.39, 0.29) is 18.7 Å². The van der Waals surface area contributed by atoms with Crippen LogP contribution in [0.5, 0.6) is 0 Å². The van der Waals surface area contributed by atoms with E-state index in [2.05, 4.69) is 10.2 Å². The molecule has 2 N–H and O–H groups in total. The number of ether oxygens (including phenoxy) is 1. The minimum absolute atomic E-state index is 0.192. The quantitative estimate of drug-likeness (QED) is 0.765. The molecule has 1 amide bonds. The lowest BCUT2D eigenvalue weighted by Gasteiger charge is -2.38. The average molecular weight is 270 g/mol. The fourth-order valence-electron chi connectivity index (χ4n) is 3.01. The van der Waals surface area contributed by atoms with Gasteiger partial charge in [-0.3, -0.25) is 4.90 Å². The van der Waals surface area contributed by atoms with Gasteiger partial charge in [0.15, 0.2) is 0 Å². The number of amides is 1. The molecule has 2 atom stereocenters. The van der Waals surface area contributed by atoms with Crippen molar-refractivity contribution in [3.05, 3.63) is 0 Å². The first-order valence-corrected chi connectivity index (χ1v) is 7.51. The highest BCUT2D eigenvalue weighted by molar-refractivity contribution is 5.67. The summed E-state index contributed by atoms with van der Waals surface area (Å²) in [7, 11) is 0. The summed E-state index contributed by atoms with van der Waals surface area (Å²) in [6, 6.07) is 0.917. The summed E-state index contributed by atoms with van der Waals surface area (Å²) in [6.45, 7) is 4.56. The highest BCUT2D eigenvalue weighted by Gasteiger charge is 2.36. The van der Waals surface area contributed by atoms with E-state index in [4.69, 9.17) is 9.84 Å². The first-order valence-electron chi connectivity index (χ1n) is 7.51. The van der Waals surface area contributed by atoms with E-state index in [0.29, 0.717) is 12.5 Å². The molecule has 2 rings (SSSR count). The van der Waals surface area contributed by atoms with Crippen molar-refractivity contribution in [1.29, 1.82) is 0 Å². The molecule has 1 aliphatic carbocycles. The van der Waals surface area contributed by atoms with Crippen molar-refractivity contribution in [3.8, 4) is 0 Å². The zero-order chi connectivity index (χ0) is 13.7. The molecule has 2 fully saturated rings. The fourth-order valence-corrected chi connectivity index (χ4v) is 3.01. The van der Waals surface area contributed by atoms with Crippen LogP contribution in [-0.2, 0) is 4.74 Å². The second kappa shape index (κ2) is 7.10. The SMILES string of the molecule is CCOC(=O)NC1CC(CCCO)CN(C2CC2)C1. The Bertz CT molecular complexity index is 294. The first kappa shape index (κ1) is 14.6. The minimum atomic E-state index is -0.300. The molecule has 0 spiro atoms. The number of rotatable bonds is 6. The topological polar surface area (TPSA) is 61.8 Å². The molecule has 110 valence electrons. The smallest absolute Gasteiger partial charge is 0.407 e. The van der Waals surface area contributed by atoms with Crippen LogP contribution in [0, 0.1) is 5.92 Å². The predicted octanol–water partition coefficient (Wildman–Crippen LogP) is 1.36. The fraction of sp³-hybridized carbons (Fsp3) is 0.929. The number of hydrogen-bond donors (Lipinski definition) is 2. The zero-order valence-corrected chi connectivity index (χ0v) is 11.8. The lowest BCUT2D eigenvalue weighted by Crippen LogP contribution is -2.51. The average Bonchev–Trinajstić information content (AvgIpc) is 3.20. The van der Waals surface area contributed by atoms with Crippen LogP contribution in [0.2, 0.25) is 0 Å². The van der Waals surface area contributed by atoms with Gasteiger partial charge in [0.2, 0.25) is 0 Å². The van der Waals surface area contributed by atoms with Crippen LogP contribution in [0.1, 0.15) is 39.0 Å². The number of likely N-dealkylation sites (tertiary alicyclic amines) is 1. The monoisotopic (exact) mass is 270 g/mol. The number of nitrogens with zero attached hydrogens (tertiary/aromatic N) is 1. The molecule has 2 unspecified atom stereocenters. The molecular formula is C14H26N2O3. The lowest BCUT2D eigenvalue weighted by molar-refractivity contribution is 0.107. The van der Waals surface area contributed by atoms with Gasteiger partial charge in [0.25, 0.3) is 0 Å². The van der Waals surface area contributed by atoms with Gasteiger partial charge in [-0.1, -0.05) is 0 Å². The third-order valence-corrected chi connectivity index (χ3v) is 4.00. The van der Waals surface area contributed by atoms with Crippen molar-refractivity contribution in [1.82, 2.24) is 10.2 Å². The number of nitrogens with one attached hydrogen (secondary N) is 1. The van der Waals surface area contributed by atoms with Crippen LogP contribution in [-0.4, -0.2) is 54.5 Å². The third-order valence-electron chi connectivity index (χ3n) is 4.00. The Balaban J connectivity index is 1.84. The molecular weight excluding hydrogens is 244 g/mol. The van der Waals surface area contributed by atoms with Gasteiger partial charge >= 0.3 is 6.09 Å². The van der Waals surface area contributed by atoms with Crippen LogP contribution in [0.4, 0.5) is 4.79 Å². The molecule has 0 aromatic rings. The van der Waals surface area contributed by atoms with Gasteiger partial charge in [-0.05, 0) is 44.9 Å². The Morgan fingerprint density at radius 3 is 2.84 bits per heavy atom. The standard InChI is InChI=1S/C14H26N2O3/c1-2-19-14(18)15-12-8-11(4-3-7-17)9-16(10-12)13-5-6-13/h11-13,17H,2-10H2,1H3,(H,15,18). The second-order valence-electron chi connectivity index (χ2n) is 5.71. The maximum Gasteiger partial charge on any atom is 0.407 e. The second-order valence-corrected chi connectivity index (χ2v) is 5.71. The van der Waals surface area contributed by atoms with Gasteiger partial charge in [0.1, 0.15) is 0 Å². The van der Waals surface area contributed by atoms with Crippen molar-refractivity contribution in [3.63, 3.8) is 0 Å². The van der Waals surface area contributed by atoms with Crippen LogP contribution in [0.3, 0.4) is 0 Å². The minimum Gasteiger partial charge on any atom is -0.450 e. The van der Waals surface area contributed by atoms with Gasteiger partial charge < -0.3 is 15.2 Å². The Hall–Kier alpha value is -0.810. The summed E-state index contributed by atoms with van der Waals surface area (Å²) in [5.74, 6) is 0.577. The van der Waals surface area contributed by atoms with E-state index in [1.165, 1.54) is 12.8 Å². The normalized spacial score (nSPS) is 28.1. The first-order chi connectivity index (χ1) is 9.22. The van der Waals surface area contributed by atoms with Crippen molar-refractivity contribution in [2.24, 2.45) is 5.92 Å². The molecule has 1 saturated heterocycles. The van der Waals surface area contributed by atoms with Gasteiger partial charge in [-0.2, -0.15) is 0 Å². The lowest BCUT2D eigenvalue weighted by atomic mass is 9.90. The molecule has 0 aromatic heterocycles. The number of aliphatic hydroxyl groups is 1. The number of hydrogen-bond acceptors (Lipinski definition) is 4. The predicted molar refractivity (Wildman–Crippen MR) is 73.0 cm³/mol. The number of carbonyl (C=O) groups is 1. The largest absolute Gasteiger partial charge is 0.450 e. The van der Waals surface area contributed by atoms with Gasteiger partial charge in [-0.25, -0.2) is 4.79 Å². The molecule has 1 heterocycles. The van der Waals surface area contributed by atoms with E-state index in [1.54, 1.807) is 0 Å². The van der Waals surface area contributed by atoms with Crippen LogP contribution in [0.25, 0.3) is 0 Å². The number of carbonyl (C=O) groups excluding carboxylic acids is 1. The van der Waals surface area contributed by atoms with Crippen LogP contribution >= 0.6 is 0 Å². The summed E-state index contributed by atoms with van der Waals surface area (Å²) < 4.78 is 4.96. The molecule has 19 heavy (non-hydrogen) atoms. The van der Waals surface area contributed by atoms with Crippen LogP contribution in [0.15, 0.2) is 0 Å². The van der Waals surface area contributed by atoms with Crippen molar-refractivity contribution < 1.29 is 14.6 Å². The van der Waals surface area contributed by atoms with Crippen molar-refractivity contribution in [2.75, 3.05) is 26.3 Å². The molecule has 1 aliphatic heterocycles. The zero-order valence-electron chi connectivity index (χ0n) is 11.8. The Morgan fingerprint density at radius 2 is 2.21 bits per heavy atom. The number of piperidine rings is 1. The maximum atomic E-state index is 11.5. The number of alkyl carbamates (subject to hydrolysis) is 1. The molecule has 0 aromatic carbocycles. The van der Waals surface area contributed by atoms with E-state index in [9.17, 15) is 4.79 Å². The third kappa shape index (κ3) is 4.66. The molecule has 1 saturated carbocycles. The highest BCUT2D eigenvalue weighted by Crippen LogP contribution is 2.32. The summed E-state index contributed by atoms with van der Waals surface area (Å²) in [5, 5.41) is 11.9. The summed E-state index contributed by atoms with van der Waals surface area (Å²) >= 11 is 0. The number of aliphatic hydroxyl groups excluding tert-OH is 1. The van der Waals surface area contributed by atoms with Gasteiger partial charge in [-0.15, -0.1) is 0 Å². The highest BCUT2D eigenvalue weighted by atomic mass is 16.5. The molecule has 5 nitrogen and oxygen atoms in total. The molecule has 5 heteroatoms. The van der Waals surface area contributed by atoms with Crippen molar-refractivity contribution in [2.45, 2.75) is 51.1 Å². The van der Waals surface area contributed by atoms with Crippen LogP contribution < -0.4 is 5.32 Å². The Morgan fingerprint density at radius 1 is 1.42 bits per heavy atom. The van der Waals surface area contributed by atoms with E-state index in [1.807, 2.05) is 6.92 Å². The van der Waals surface area contributed by atoms with Crippen molar-refractivity contribution >= 4 is 6.09 Å². The van der Waals surface area contributed by atoms with Gasteiger partial charge in [0, 0.05) is 31.8 Å². The van der Waals surface area contributed by atoms with E-state index in [0.717, 1.165) is 38.4 Å². The Kier molecular flexibility index (Phi) is 5.45. The summed E-state index contributed by atoms with van der Waals surface area (Å²) in [6.07, 6.45) is 5.18. The van der Waals surface area contributed by atoms with Gasteiger partial charge in [0.05, 0.1) is 6.61 Å². The van der Waals surface area contributed by atoms with E-state index < -0.39 is 0 Å². The summed E-state index contributed by atoms with van der Waals surface area (Å²) in [5.41, 5.74) is 0. The molecule has 0 radical (unpaired) electrons. The Labute approximate surface area is 115 Å². The van der Waals surface area contributed by atoms with E-state index >= 15 is 0 Å². The molecule has 2 aliphatic rings. The summed E-state index contributed by atoms with van der Waals surface area (Å²) in [4.78, 5) is 14.0. The molecule has 0 bridgehead atoms.